The van der Waals surface area contributed by atoms with Gasteiger partial charge in [0.05, 0.1) is 6.10 Å². The summed E-state index contributed by atoms with van der Waals surface area (Å²) in [4.78, 5) is 0. The first-order valence-corrected chi connectivity index (χ1v) is 5.85. The third-order valence-corrected chi connectivity index (χ3v) is 3.41. The lowest BCUT2D eigenvalue weighted by molar-refractivity contribution is 0.0310. The smallest absolute Gasteiger partial charge is 0.0572 e. The Balaban J connectivity index is 2.18. The van der Waals surface area contributed by atoms with Gasteiger partial charge < -0.3 is 4.74 Å². The molecule has 1 aliphatic rings. The molecule has 0 aromatic heterocycles. The Labute approximate surface area is 82.9 Å². The summed E-state index contributed by atoms with van der Waals surface area (Å²) >= 11 is 0. The quantitative estimate of drug-likeness (QED) is 0.634. The molecule has 2 atom stereocenters. The van der Waals surface area contributed by atoms with Gasteiger partial charge in [0.1, 0.15) is 0 Å². The maximum atomic E-state index is 5.61. The molecule has 1 saturated carbocycles. The molecule has 1 nitrogen and oxygen atoms in total. The van der Waals surface area contributed by atoms with Crippen LogP contribution in [0.25, 0.3) is 0 Å². The summed E-state index contributed by atoms with van der Waals surface area (Å²) in [6.07, 6.45) is 7.67. The van der Waals surface area contributed by atoms with E-state index in [0.29, 0.717) is 6.10 Å². The van der Waals surface area contributed by atoms with E-state index >= 15 is 0 Å². The summed E-state index contributed by atoms with van der Waals surface area (Å²) in [7, 11) is 0. The second-order valence-corrected chi connectivity index (χ2v) is 4.52. The van der Waals surface area contributed by atoms with Gasteiger partial charge in [0.15, 0.2) is 0 Å². The van der Waals surface area contributed by atoms with Crippen LogP contribution in [-0.4, -0.2) is 12.7 Å². The first-order chi connectivity index (χ1) is 6.24. The standard InChI is InChI=1S/C12H24O/c1-4-13-11(3)10(2)9-12-7-5-6-8-12/h10-12H,4-9H2,1-3H3. The van der Waals surface area contributed by atoms with E-state index in [4.69, 9.17) is 4.74 Å². The predicted molar refractivity (Wildman–Crippen MR) is 56.8 cm³/mol. The van der Waals surface area contributed by atoms with Crippen LogP contribution in [0.4, 0.5) is 0 Å². The predicted octanol–water partition coefficient (Wildman–Crippen LogP) is 3.63. The van der Waals surface area contributed by atoms with Crippen LogP contribution in [0.2, 0.25) is 0 Å². The van der Waals surface area contributed by atoms with E-state index in [-0.39, 0.29) is 0 Å². The zero-order chi connectivity index (χ0) is 9.68. The minimum Gasteiger partial charge on any atom is -0.379 e. The van der Waals surface area contributed by atoms with Crippen molar-refractivity contribution in [1.29, 1.82) is 0 Å². The molecule has 0 saturated heterocycles. The molecule has 0 amide bonds. The molecule has 1 aliphatic carbocycles. The third-order valence-electron chi connectivity index (χ3n) is 3.41. The van der Waals surface area contributed by atoms with Gasteiger partial charge in [-0.15, -0.1) is 0 Å². The van der Waals surface area contributed by atoms with Gasteiger partial charge >= 0.3 is 0 Å². The number of hydrogen-bond acceptors (Lipinski definition) is 1. The molecule has 1 fully saturated rings. The monoisotopic (exact) mass is 184 g/mol. The van der Waals surface area contributed by atoms with Gasteiger partial charge in [0.2, 0.25) is 0 Å². The SMILES string of the molecule is CCOC(C)C(C)CC1CCCC1. The second kappa shape index (κ2) is 5.64. The molecule has 0 spiro atoms. The van der Waals surface area contributed by atoms with Gasteiger partial charge in [0, 0.05) is 6.61 Å². The van der Waals surface area contributed by atoms with Crippen LogP contribution in [0.15, 0.2) is 0 Å². The molecule has 0 aromatic rings. The Kier molecular flexibility index (Phi) is 4.79. The van der Waals surface area contributed by atoms with E-state index in [1.54, 1.807) is 0 Å². The zero-order valence-corrected chi connectivity index (χ0v) is 9.38. The average molecular weight is 184 g/mol. The van der Waals surface area contributed by atoms with Gasteiger partial charge in [0.25, 0.3) is 0 Å². The molecule has 1 heteroatoms. The Morgan fingerprint density at radius 2 is 1.85 bits per heavy atom. The molecule has 2 unspecified atom stereocenters. The molecule has 0 heterocycles. The van der Waals surface area contributed by atoms with Crippen molar-refractivity contribution in [2.45, 2.75) is 59.0 Å². The lowest BCUT2D eigenvalue weighted by atomic mass is 9.91. The fourth-order valence-corrected chi connectivity index (χ4v) is 2.39. The fourth-order valence-electron chi connectivity index (χ4n) is 2.39. The van der Waals surface area contributed by atoms with E-state index in [1.165, 1.54) is 32.1 Å². The van der Waals surface area contributed by atoms with E-state index in [0.717, 1.165) is 18.4 Å². The summed E-state index contributed by atoms with van der Waals surface area (Å²) in [5.41, 5.74) is 0. The highest BCUT2D eigenvalue weighted by atomic mass is 16.5. The summed E-state index contributed by atoms with van der Waals surface area (Å²) in [5, 5.41) is 0. The van der Waals surface area contributed by atoms with Crippen molar-refractivity contribution in [3.8, 4) is 0 Å². The normalized spacial score (nSPS) is 23.3. The van der Waals surface area contributed by atoms with E-state index in [1.807, 2.05) is 0 Å². The zero-order valence-electron chi connectivity index (χ0n) is 9.38. The van der Waals surface area contributed by atoms with Crippen LogP contribution in [0.3, 0.4) is 0 Å². The molecular formula is C12H24O. The van der Waals surface area contributed by atoms with Crippen LogP contribution in [-0.2, 0) is 4.74 Å². The summed E-state index contributed by atoms with van der Waals surface area (Å²) in [5.74, 6) is 1.74. The highest BCUT2D eigenvalue weighted by molar-refractivity contribution is 4.72. The topological polar surface area (TPSA) is 9.23 Å². The first kappa shape index (κ1) is 11.0. The van der Waals surface area contributed by atoms with Gasteiger partial charge in [-0.3, -0.25) is 0 Å². The van der Waals surface area contributed by atoms with Crippen molar-refractivity contribution in [3.05, 3.63) is 0 Å². The van der Waals surface area contributed by atoms with Crippen molar-refractivity contribution in [2.75, 3.05) is 6.61 Å². The van der Waals surface area contributed by atoms with Crippen LogP contribution >= 0.6 is 0 Å². The highest BCUT2D eigenvalue weighted by Gasteiger charge is 2.20. The van der Waals surface area contributed by atoms with Crippen molar-refractivity contribution < 1.29 is 4.74 Å². The van der Waals surface area contributed by atoms with Crippen molar-refractivity contribution in [3.63, 3.8) is 0 Å². The maximum absolute atomic E-state index is 5.61. The molecule has 0 aliphatic heterocycles. The largest absolute Gasteiger partial charge is 0.379 e. The van der Waals surface area contributed by atoms with Gasteiger partial charge in [-0.2, -0.15) is 0 Å². The Hall–Kier alpha value is -0.0400. The van der Waals surface area contributed by atoms with Crippen LogP contribution < -0.4 is 0 Å². The summed E-state index contributed by atoms with van der Waals surface area (Å²) < 4.78 is 5.61. The Bertz CT molecular complexity index is 127. The fraction of sp³-hybridized carbons (Fsp3) is 1.00. The van der Waals surface area contributed by atoms with Crippen LogP contribution in [0.1, 0.15) is 52.9 Å². The average Bonchev–Trinajstić information content (AvgIpc) is 2.57. The summed E-state index contributed by atoms with van der Waals surface area (Å²) in [6.45, 7) is 7.48. The number of hydrogen-bond donors (Lipinski definition) is 0. The van der Waals surface area contributed by atoms with E-state index in [2.05, 4.69) is 20.8 Å². The van der Waals surface area contributed by atoms with Crippen LogP contribution in [0, 0.1) is 11.8 Å². The molecule has 0 N–H and O–H groups in total. The molecule has 78 valence electrons. The van der Waals surface area contributed by atoms with Crippen molar-refractivity contribution in [1.82, 2.24) is 0 Å². The maximum Gasteiger partial charge on any atom is 0.0572 e. The molecule has 0 aromatic carbocycles. The Morgan fingerprint density at radius 3 is 2.38 bits per heavy atom. The molecule has 1 rings (SSSR count). The molecule has 0 radical (unpaired) electrons. The summed E-state index contributed by atoms with van der Waals surface area (Å²) in [6, 6.07) is 0. The molecular weight excluding hydrogens is 160 g/mol. The third kappa shape index (κ3) is 3.68. The van der Waals surface area contributed by atoms with E-state index in [9.17, 15) is 0 Å². The van der Waals surface area contributed by atoms with Gasteiger partial charge in [-0.25, -0.2) is 0 Å². The lowest BCUT2D eigenvalue weighted by Crippen LogP contribution is -2.20. The van der Waals surface area contributed by atoms with Gasteiger partial charge in [-0.05, 0) is 32.1 Å². The van der Waals surface area contributed by atoms with Crippen molar-refractivity contribution >= 4 is 0 Å². The van der Waals surface area contributed by atoms with Gasteiger partial charge in [-0.1, -0.05) is 32.6 Å². The molecule has 13 heavy (non-hydrogen) atoms. The first-order valence-electron chi connectivity index (χ1n) is 5.85. The highest BCUT2D eigenvalue weighted by Crippen LogP contribution is 2.31. The minimum absolute atomic E-state index is 0.450. The van der Waals surface area contributed by atoms with E-state index < -0.39 is 0 Å². The number of ether oxygens (including phenoxy) is 1. The lowest BCUT2D eigenvalue weighted by Gasteiger charge is -2.22. The number of rotatable bonds is 5. The molecule has 0 bridgehead atoms. The van der Waals surface area contributed by atoms with Crippen molar-refractivity contribution in [2.24, 2.45) is 11.8 Å². The Morgan fingerprint density at radius 1 is 1.23 bits per heavy atom. The second-order valence-electron chi connectivity index (χ2n) is 4.52. The van der Waals surface area contributed by atoms with Crippen LogP contribution in [0.5, 0.6) is 0 Å². The minimum atomic E-state index is 0.450.